The van der Waals surface area contributed by atoms with E-state index in [1.165, 1.54) is 4.31 Å². The number of carbonyl (C=O) groups is 1. The second-order valence-electron chi connectivity index (χ2n) is 8.69. The fraction of sp³-hybridized carbons (Fsp3) is 0.346. The number of methoxy groups -OCH3 is 1. The molecule has 180 valence electrons. The first-order valence-electron chi connectivity index (χ1n) is 11.4. The molecule has 2 aromatic carbocycles. The van der Waals surface area contributed by atoms with Crippen LogP contribution < -0.4 is 4.74 Å². The molecule has 7 nitrogen and oxygen atoms in total. The Morgan fingerprint density at radius 1 is 0.941 bits per heavy atom. The van der Waals surface area contributed by atoms with Gasteiger partial charge in [-0.1, -0.05) is 18.2 Å². The van der Waals surface area contributed by atoms with Crippen LogP contribution in [0.15, 0.2) is 59.5 Å². The Morgan fingerprint density at radius 3 is 2.24 bits per heavy atom. The molecule has 2 heterocycles. The Kier molecular flexibility index (Phi) is 6.93. The van der Waals surface area contributed by atoms with Gasteiger partial charge in [0.05, 0.1) is 18.6 Å². The fourth-order valence-electron chi connectivity index (χ4n) is 4.61. The van der Waals surface area contributed by atoms with Crippen molar-refractivity contribution in [1.82, 2.24) is 13.8 Å². The Balaban J connectivity index is 1.42. The lowest BCUT2D eigenvalue weighted by Gasteiger charge is -2.33. The average Bonchev–Trinajstić information content (AvgIpc) is 3.13. The molecule has 0 bridgehead atoms. The highest BCUT2D eigenvalue weighted by molar-refractivity contribution is 7.89. The summed E-state index contributed by atoms with van der Waals surface area (Å²) < 4.78 is 35.1. The summed E-state index contributed by atoms with van der Waals surface area (Å²) >= 11 is 0. The Bertz CT molecular complexity index is 1290. The second-order valence-corrected chi connectivity index (χ2v) is 10.6. The molecule has 0 amide bonds. The number of hydrogen-bond donors (Lipinski definition) is 0. The maximum Gasteiger partial charge on any atom is 0.243 e. The molecule has 0 spiro atoms. The van der Waals surface area contributed by atoms with Gasteiger partial charge in [0.15, 0.2) is 5.78 Å². The number of benzene rings is 2. The summed E-state index contributed by atoms with van der Waals surface area (Å²) in [6.45, 7) is 7.74. The number of Topliss-reactive ketones (excluding diaryl/α,β-unsaturated/α-hetero) is 1. The second kappa shape index (κ2) is 9.74. The van der Waals surface area contributed by atoms with Crippen molar-refractivity contribution < 1.29 is 17.9 Å². The lowest BCUT2D eigenvalue weighted by molar-refractivity contribution is 0.0901. The number of carbonyl (C=O) groups excluding carboxylic acids is 1. The Morgan fingerprint density at radius 2 is 1.62 bits per heavy atom. The zero-order valence-electron chi connectivity index (χ0n) is 20.1. The lowest BCUT2D eigenvalue weighted by Crippen LogP contribution is -2.49. The van der Waals surface area contributed by atoms with Gasteiger partial charge in [0.1, 0.15) is 5.75 Å². The van der Waals surface area contributed by atoms with Crippen molar-refractivity contribution in [3.8, 4) is 11.4 Å². The van der Waals surface area contributed by atoms with Crippen molar-refractivity contribution in [2.45, 2.75) is 25.7 Å². The van der Waals surface area contributed by atoms with Gasteiger partial charge in [-0.3, -0.25) is 9.69 Å². The van der Waals surface area contributed by atoms with Crippen LogP contribution >= 0.6 is 0 Å². The highest BCUT2D eigenvalue weighted by atomic mass is 32.2. The largest absolute Gasteiger partial charge is 0.497 e. The van der Waals surface area contributed by atoms with Crippen LogP contribution in [-0.4, -0.2) is 67.8 Å². The van der Waals surface area contributed by atoms with E-state index >= 15 is 0 Å². The van der Waals surface area contributed by atoms with E-state index < -0.39 is 10.0 Å². The van der Waals surface area contributed by atoms with Crippen LogP contribution in [0.1, 0.15) is 27.3 Å². The van der Waals surface area contributed by atoms with E-state index in [1.54, 1.807) is 32.2 Å². The molecule has 34 heavy (non-hydrogen) atoms. The molecule has 0 saturated carbocycles. The third kappa shape index (κ3) is 4.66. The molecule has 1 aliphatic heterocycles. The molecule has 4 rings (SSSR count). The van der Waals surface area contributed by atoms with E-state index in [1.807, 2.05) is 55.1 Å². The molecule has 0 atom stereocenters. The number of aryl methyl sites for hydroxylation is 2. The van der Waals surface area contributed by atoms with Crippen molar-refractivity contribution in [2.24, 2.45) is 0 Å². The van der Waals surface area contributed by atoms with Gasteiger partial charge >= 0.3 is 0 Å². The SMILES string of the molecule is COc1ccc(S(=O)(=O)N2CCN(CC(=O)c3cc(C)n(-c4ccccc4)c3C)CC2)c(C)c1. The van der Waals surface area contributed by atoms with Crippen LogP contribution in [-0.2, 0) is 10.0 Å². The molecule has 1 fully saturated rings. The summed E-state index contributed by atoms with van der Waals surface area (Å²) in [4.78, 5) is 15.5. The normalized spacial score (nSPS) is 15.4. The average molecular weight is 482 g/mol. The van der Waals surface area contributed by atoms with Crippen molar-refractivity contribution in [3.63, 3.8) is 0 Å². The summed E-state index contributed by atoms with van der Waals surface area (Å²) in [6, 6.07) is 16.9. The number of para-hydroxylation sites is 1. The Hall–Kier alpha value is -2.94. The van der Waals surface area contributed by atoms with E-state index in [2.05, 4.69) is 4.57 Å². The van der Waals surface area contributed by atoms with Crippen molar-refractivity contribution >= 4 is 15.8 Å². The van der Waals surface area contributed by atoms with Crippen molar-refractivity contribution in [1.29, 1.82) is 0 Å². The monoisotopic (exact) mass is 481 g/mol. The molecule has 1 aliphatic rings. The van der Waals surface area contributed by atoms with Gasteiger partial charge in [0, 0.05) is 48.8 Å². The molecule has 3 aromatic rings. The molecule has 0 unspecified atom stereocenters. The molecule has 8 heteroatoms. The highest BCUT2D eigenvalue weighted by Gasteiger charge is 2.30. The number of ether oxygens (including phenoxy) is 1. The number of hydrogen-bond acceptors (Lipinski definition) is 5. The first kappa shape index (κ1) is 24.2. The highest BCUT2D eigenvalue weighted by Crippen LogP contribution is 2.25. The first-order valence-corrected chi connectivity index (χ1v) is 12.8. The number of piperazine rings is 1. The summed E-state index contributed by atoms with van der Waals surface area (Å²) in [7, 11) is -2.04. The zero-order chi connectivity index (χ0) is 24.5. The Labute approximate surface area is 201 Å². The zero-order valence-corrected chi connectivity index (χ0v) is 20.9. The molecule has 0 N–H and O–H groups in total. The van der Waals surface area contributed by atoms with Crippen LogP contribution in [0, 0.1) is 20.8 Å². The van der Waals surface area contributed by atoms with Crippen LogP contribution in [0.2, 0.25) is 0 Å². The minimum Gasteiger partial charge on any atom is -0.497 e. The minimum absolute atomic E-state index is 0.0533. The van der Waals surface area contributed by atoms with Gasteiger partial charge in [0.25, 0.3) is 0 Å². The van der Waals surface area contributed by atoms with Crippen LogP contribution in [0.5, 0.6) is 5.75 Å². The maximum absolute atomic E-state index is 13.2. The number of rotatable bonds is 7. The van der Waals surface area contributed by atoms with Crippen molar-refractivity contribution in [2.75, 3.05) is 39.8 Å². The van der Waals surface area contributed by atoms with E-state index in [9.17, 15) is 13.2 Å². The maximum atomic E-state index is 13.2. The minimum atomic E-state index is -3.60. The smallest absolute Gasteiger partial charge is 0.243 e. The molecular weight excluding hydrogens is 450 g/mol. The van der Waals surface area contributed by atoms with Gasteiger partial charge in [0.2, 0.25) is 10.0 Å². The van der Waals surface area contributed by atoms with Gasteiger partial charge in [-0.2, -0.15) is 4.31 Å². The third-order valence-corrected chi connectivity index (χ3v) is 8.50. The summed E-state index contributed by atoms with van der Waals surface area (Å²) in [5.74, 6) is 0.684. The van der Waals surface area contributed by atoms with E-state index in [0.29, 0.717) is 48.0 Å². The fourth-order valence-corrected chi connectivity index (χ4v) is 6.24. The quantitative estimate of drug-likeness (QED) is 0.482. The molecule has 0 aliphatic carbocycles. The first-order chi connectivity index (χ1) is 16.2. The number of aromatic nitrogens is 1. The predicted octanol–water partition coefficient (Wildman–Crippen LogP) is 3.60. The van der Waals surface area contributed by atoms with E-state index in [-0.39, 0.29) is 12.3 Å². The topological polar surface area (TPSA) is 71.9 Å². The summed E-state index contributed by atoms with van der Waals surface area (Å²) in [5, 5.41) is 0. The lowest BCUT2D eigenvalue weighted by atomic mass is 10.1. The standard InChI is InChI=1S/C26H31N3O4S/c1-19-16-23(33-4)10-11-26(19)34(31,32)28-14-12-27(13-15-28)18-25(30)24-17-20(2)29(21(24)3)22-8-6-5-7-9-22/h5-11,16-17H,12-15,18H2,1-4H3. The molecule has 0 radical (unpaired) electrons. The van der Waals surface area contributed by atoms with E-state index in [4.69, 9.17) is 4.74 Å². The van der Waals surface area contributed by atoms with Crippen LogP contribution in [0.25, 0.3) is 5.69 Å². The van der Waals surface area contributed by atoms with Gasteiger partial charge in [-0.15, -0.1) is 0 Å². The number of nitrogens with zero attached hydrogens (tertiary/aromatic N) is 3. The predicted molar refractivity (Wildman–Crippen MR) is 133 cm³/mol. The number of sulfonamides is 1. The summed E-state index contributed by atoms with van der Waals surface area (Å²) in [5.41, 5.74) is 4.34. The molecular formula is C26H31N3O4S. The van der Waals surface area contributed by atoms with Crippen LogP contribution in [0.3, 0.4) is 0 Å². The van der Waals surface area contributed by atoms with Crippen molar-refractivity contribution in [3.05, 3.63) is 77.1 Å². The van der Waals surface area contributed by atoms with Gasteiger partial charge < -0.3 is 9.30 Å². The van der Waals surface area contributed by atoms with Crippen LogP contribution in [0.4, 0.5) is 0 Å². The third-order valence-electron chi connectivity index (χ3n) is 6.44. The number of ketones is 1. The van der Waals surface area contributed by atoms with Gasteiger partial charge in [-0.05, 0) is 62.7 Å². The molecule has 1 aromatic heterocycles. The summed E-state index contributed by atoms with van der Waals surface area (Å²) in [6.07, 6.45) is 0. The molecule has 1 saturated heterocycles. The van der Waals surface area contributed by atoms with Gasteiger partial charge in [-0.25, -0.2) is 8.42 Å². The van der Waals surface area contributed by atoms with E-state index in [0.717, 1.165) is 17.1 Å².